The van der Waals surface area contributed by atoms with Gasteiger partial charge in [-0.1, -0.05) is 97.1 Å². The summed E-state index contributed by atoms with van der Waals surface area (Å²) in [5.41, 5.74) is 0.459. The predicted molar refractivity (Wildman–Crippen MR) is 326 cm³/mol. The number of anilines is 12. The van der Waals surface area contributed by atoms with Crippen molar-refractivity contribution in [1.29, 1.82) is 0 Å². The summed E-state index contributed by atoms with van der Waals surface area (Å²) in [6.07, 6.45) is 0. The Morgan fingerprint density at radius 1 is 0.205 bits per heavy atom. The van der Waals surface area contributed by atoms with Crippen LogP contribution in [-0.4, -0.2) is 0 Å². The molecule has 12 aromatic rings. The normalized spacial score (nSPS) is 11.6. The highest BCUT2D eigenvalue weighted by molar-refractivity contribution is 6.33. The number of aryl methyl sites for hydroxylation is 8. The van der Waals surface area contributed by atoms with Crippen molar-refractivity contribution in [1.82, 2.24) is 0 Å². The van der Waals surface area contributed by atoms with Crippen molar-refractivity contribution in [3.05, 3.63) is 272 Å². The summed E-state index contributed by atoms with van der Waals surface area (Å²) in [7, 11) is 0. The van der Waals surface area contributed by atoms with Gasteiger partial charge in [-0.25, -0.2) is 52.7 Å². The molecule has 16 heteroatoms. The van der Waals surface area contributed by atoms with Gasteiger partial charge in [-0.15, -0.1) is 0 Å². The molecule has 0 saturated heterocycles. The lowest BCUT2D eigenvalue weighted by molar-refractivity contribution is 0.544. The Morgan fingerprint density at radius 3 is 0.523 bits per heavy atom. The molecular weight excluding hydrogens is 1150 g/mol. The van der Waals surface area contributed by atoms with E-state index in [1.165, 1.54) is 31.7 Å². The van der Waals surface area contributed by atoms with Crippen molar-refractivity contribution in [2.75, 3.05) is 19.6 Å². The highest BCUT2D eigenvalue weighted by atomic mass is 19.2. The first kappa shape index (κ1) is 58.4. The number of rotatable bonds is 12. The minimum absolute atomic E-state index is 0.0898. The monoisotopic (exact) mass is 1200 g/mol. The van der Waals surface area contributed by atoms with Crippen molar-refractivity contribution < 1.29 is 52.7 Å². The topological polar surface area (TPSA) is 13.0 Å². The molecule has 0 saturated carbocycles. The van der Waals surface area contributed by atoms with E-state index in [9.17, 15) is 0 Å². The number of nitrogens with zero attached hydrogens (tertiary/aromatic N) is 4. The summed E-state index contributed by atoms with van der Waals surface area (Å²) in [5, 5.41) is 0.634. The van der Waals surface area contributed by atoms with Gasteiger partial charge in [0.25, 0.3) is 0 Å². The lowest BCUT2D eigenvalue weighted by Crippen LogP contribution is -2.21. The molecule has 0 unspecified atom stereocenters. The number of hydrogen-bond donors (Lipinski definition) is 0. The number of hydrogen-bond acceptors (Lipinski definition) is 4. The maximum Gasteiger partial charge on any atom is 0.153 e. The molecule has 0 aliphatic carbocycles. The fraction of sp³-hybridized carbons (Fsp3) is 0.111. The van der Waals surface area contributed by atoms with Crippen LogP contribution in [0, 0.1) is 125 Å². The van der Waals surface area contributed by atoms with Crippen LogP contribution in [0.15, 0.2) is 158 Å². The van der Waals surface area contributed by atoms with Gasteiger partial charge in [-0.05, 0) is 112 Å². The van der Waals surface area contributed by atoms with Crippen molar-refractivity contribution >= 4 is 101 Å². The van der Waals surface area contributed by atoms with E-state index in [1.54, 1.807) is 152 Å². The summed E-state index contributed by atoms with van der Waals surface area (Å²) in [5.74, 6) is -16.0. The van der Waals surface area contributed by atoms with Gasteiger partial charge in [0, 0.05) is 80.8 Å². The Hall–Kier alpha value is -9.96. The number of benzene rings is 12. The third-order valence-corrected chi connectivity index (χ3v) is 16.2. The Morgan fingerprint density at radius 2 is 0.364 bits per heavy atom. The minimum atomic E-state index is -1.38. The van der Waals surface area contributed by atoms with Gasteiger partial charge in [0.05, 0.1) is 45.5 Å². The predicted octanol–water partition coefficient (Wildman–Crippen LogP) is 22.6. The summed E-state index contributed by atoms with van der Waals surface area (Å²) >= 11 is 0. The van der Waals surface area contributed by atoms with Gasteiger partial charge in [-0.3, -0.25) is 0 Å². The van der Waals surface area contributed by atoms with Gasteiger partial charge < -0.3 is 19.6 Å². The Balaban J connectivity index is 1.40. The first-order chi connectivity index (χ1) is 41.9. The smallest absolute Gasteiger partial charge is 0.153 e. The van der Waals surface area contributed by atoms with E-state index in [1.807, 2.05) is 0 Å². The molecule has 0 aliphatic heterocycles. The first-order valence-electron chi connectivity index (χ1n) is 27.8. The van der Waals surface area contributed by atoms with Crippen LogP contribution in [-0.2, 0) is 0 Å². The van der Waals surface area contributed by atoms with E-state index in [4.69, 9.17) is 0 Å². The highest BCUT2D eigenvalue weighted by Crippen LogP contribution is 2.58. The fourth-order valence-corrected chi connectivity index (χ4v) is 12.7. The zero-order valence-electron chi connectivity index (χ0n) is 48.3. The van der Waals surface area contributed by atoms with Crippen molar-refractivity contribution in [2.24, 2.45) is 0 Å². The molecule has 442 valence electrons. The molecule has 0 aliphatic rings. The van der Waals surface area contributed by atoms with E-state index in [2.05, 4.69) is 0 Å². The second-order valence-electron chi connectivity index (χ2n) is 22.1. The Bertz CT molecular complexity index is 4100. The van der Waals surface area contributed by atoms with Crippen LogP contribution in [0.25, 0.3) is 32.3 Å². The van der Waals surface area contributed by atoms with Gasteiger partial charge in [-0.2, -0.15) is 0 Å². The Kier molecular flexibility index (Phi) is 14.7. The molecule has 0 aromatic heterocycles. The third-order valence-electron chi connectivity index (χ3n) is 16.2. The van der Waals surface area contributed by atoms with Crippen LogP contribution in [0.5, 0.6) is 0 Å². The average Bonchev–Trinajstić information content (AvgIpc) is 0.774. The second kappa shape index (κ2) is 22.1. The van der Waals surface area contributed by atoms with E-state index in [0.717, 1.165) is 0 Å². The van der Waals surface area contributed by atoms with Gasteiger partial charge in [0.1, 0.15) is 46.0 Å². The molecule has 12 rings (SSSR count). The van der Waals surface area contributed by atoms with E-state index in [0.29, 0.717) is 93.0 Å². The zero-order valence-corrected chi connectivity index (χ0v) is 48.3. The van der Waals surface area contributed by atoms with Crippen molar-refractivity contribution in [2.45, 2.75) is 55.4 Å². The quantitative estimate of drug-likeness (QED) is 0.0893. The molecule has 88 heavy (non-hydrogen) atoms. The molecule has 0 spiro atoms. The lowest BCUT2D eigenvalue weighted by atomic mass is 9.88. The largest absolute Gasteiger partial charge is 0.304 e. The summed E-state index contributed by atoms with van der Waals surface area (Å²) in [6, 6.07) is 33.2. The third kappa shape index (κ3) is 9.52. The zero-order chi connectivity index (χ0) is 62.6. The van der Waals surface area contributed by atoms with E-state index >= 15 is 52.7 Å². The van der Waals surface area contributed by atoms with Crippen LogP contribution >= 0.6 is 0 Å². The minimum Gasteiger partial charge on any atom is -0.304 e. The second-order valence-corrected chi connectivity index (χ2v) is 22.1. The molecule has 0 radical (unpaired) electrons. The first-order valence-corrected chi connectivity index (χ1v) is 27.8. The molecule has 0 atom stereocenters. The number of para-hydroxylation sites is 4. The average molecular weight is 1200 g/mol. The lowest BCUT2D eigenvalue weighted by Gasteiger charge is -2.36. The highest BCUT2D eigenvalue weighted by Gasteiger charge is 2.36. The van der Waals surface area contributed by atoms with Crippen LogP contribution < -0.4 is 19.6 Å². The SMILES string of the molecule is Cc1cccc(C)c1N(c1c(F)cc(F)cc1F)c1cc(N(c2c(C)cccc2C)c2c(F)cc(F)cc2F)c2ccc3c(N(c4c(C)cccc4C)c4c(F)cc(F)cc4F)cc(N(c4c(C)cccc4C)c4c(F)cc(F)cc4F)c4ccc1c2c43. The van der Waals surface area contributed by atoms with Crippen LogP contribution in [0.1, 0.15) is 44.5 Å². The standard InChI is InChI=1S/C72H50F12N4/c1-35-13-9-14-36(2)65(35)85(69-51(77)25-43(73)26-52(69)78)59-33-60(86(66-37(3)15-10-16-38(66)4)70-53(79)27-44(74)28-54(70)80)48-23-24-50-62(88(68-41(7)19-12-20-42(68)8)72-57(83)31-46(76)32-58(72)84)34-61(49-22-21-47(59)63(48)64(49)50)87(67-39(5)17-11-18-40(67)6)71-55(81)29-45(75)30-56(71)82/h9-34H,1-8H3. The molecule has 4 nitrogen and oxygen atoms in total. The summed E-state index contributed by atoms with van der Waals surface area (Å²) in [6.45, 7) is 13.3. The molecule has 0 heterocycles. The Labute approximate surface area is 498 Å². The summed E-state index contributed by atoms with van der Waals surface area (Å²) < 4.78 is 199. The van der Waals surface area contributed by atoms with Gasteiger partial charge in [0.2, 0.25) is 0 Å². The molecule has 0 fully saturated rings. The molecular formula is C72H50F12N4. The molecule has 0 amide bonds. The van der Waals surface area contributed by atoms with Gasteiger partial charge in [0.15, 0.2) is 46.5 Å². The van der Waals surface area contributed by atoms with Crippen LogP contribution in [0.2, 0.25) is 0 Å². The molecule has 12 aromatic carbocycles. The van der Waals surface area contributed by atoms with E-state index < -0.39 is 92.6 Å². The van der Waals surface area contributed by atoms with Crippen LogP contribution in [0.4, 0.5) is 121 Å². The van der Waals surface area contributed by atoms with Crippen LogP contribution in [0.3, 0.4) is 0 Å². The van der Waals surface area contributed by atoms with E-state index in [-0.39, 0.29) is 77.8 Å². The van der Waals surface area contributed by atoms with Crippen molar-refractivity contribution in [3.8, 4) is 0 Å². The maximum absolute atomic E-state index is 17.2. The van der Waals surface area contributed by atoms with Gasteiger partial charge >= 0.3 is 0 Å². The molecule has 0 N–H and O–H groups in total. The molecule has 0 bridgehead atoms. The summed E-state index contributed by atoms with van der Waals surface area (Å²) in [4.78, 5) is 4.85. The number of halogens is 12. The van der Waals surface area contributed by atoms with Crippen molar-refractivity contribution in [3.63, 3.8) is 0 Å². The maximum atomic E-state index is 17.2. The fourth-order valence-electron chi connectivity index (χ4n) is 12.7.